The van der Waals surface area contributed by atoms with Crippen molar-refractivity contribution in [2.24, 2.45) is 5.92 Å². The van der Waals surface area contributed by atoms with Crippen molar-refractivity contribution >= 4 is 19.7 Å². The lowest BCUT2D eigenvalue weighted by Gasteiger charge is -2.24. The lowest BCUT2D eigenvalue weighted by Crippen LogP contribution is -2.15. The SMILES string of the molecule is Cc1cc(OCC2CC2)c(C(C)(C)C)cc1S(=O)(=O)Cl. The summed E-state index contributed by atoms with van der Waals surface area (Å²) in [5, 5.41) is 0. The van der Waals surface area contributed by atoms with Gasteiger partial charge >= 0.3 is 0 Å². The summed E-state index contributed by atoms with van der Waals surface area (Å²) in [5.41, 5.74) is 1.30. The Kier molecular flexibility index (Phi) is 4.09. The quantitative estimate of drug-likeness (QED) is 0.788. The summed E-state index contributed by atoms with van der Waals surface area (Å²) in [6.45, 7) is 8.55. The van der Waals surface area contributed by atoms with Crippen LogP contribution in [0.1, 0.15) is 44.7 Å². The fourth-order valence-corrected chi connectivity index (χ4v) is 3.32. The number of rotatable bonds is 4. The first-order valence-corrected chi connectivity index (χ1v) is 9.12. The monoisotopic (exact) mass is 316 g/mol. The Morgan fingerprint density at radius 3 is 2.35 bits per heavy atom. The van der Waals surface area contributed by atoms with E-state index in [0.717, 1.165) is 11.3 Å². The summed E-state index contributed by atoms with van der Waals surface area (Å²) in [5.74, 6) is 1.42. The molecule has 1 aromatic rings. The maximum absolute atomic E-state index is 11.6. The van der Waals surface area contributed by atoms with Crippen LogP contribution in [0.25, 0.3) is 0 Å². The summed E-state index contributed by atoms with van der Waals surface area (Å²) >= 11 is 0. The van der Waals surface area contributed by atoms with Crippen molar-refractivity contribution in [3.05, 3.63) is 23.3 Å². The molecule has 0 bridgehead atoms. The second-order valence-electron chi connectivity index (χ2n) is 6.56. The van der Waals surface area contributed by atoms with Gasteiger partial charge < -0.3 is 4.74 Å². The molecule has 20 heavy (non-hydrogen) atoms. The van der Waals surface area contributed by atoms with E-state index in [9.17, 15) is 8.42 Å². The first kappa shape index (κ1) is 15.6. The predicted octanol–water partition coefficient (Wildman–Crippen LogP) is 4.01. The lowest BCUT2D eigenvalue weighted by atomic mass is 9.86. The molecule has 0 radical (unpaired) electrons. The third-order valence-electron chi connectivity index (χ3n) is 3.52. The zero-order valence-corrected chi connectivity index (χ0v) is 13.9. The Bertz CT molecular complexity index is 611. The molecule has 1 aliphatic rings. The molecule has 112 valence electrons. The normalized spacial score (nSPS) is 16.2. The molecule has 0 N–H and O–H groups in total. The number of hydrogen-bond acceptors (Lipinski definition) is 3. The Morgan fingerprint density at radius 1 is 1.30 bits per heavy atom. The van der Waals surface area contributed by atoms with Crippen LogP contribution < -0.4 is 4.74 Å². The zero-order chi connectivity index (χ0) is 15.1. The smallest absolute Gasteiger partial charge is 0.261 e. The molecule has 0 aromatic heterocycles. The molecule has 0 aliphatic heterocycles. The Labute approximate surface area is 125 Å². The number of hydrogen-bond donors (Lipinski definition) is 0. The summed E-state index contributed by atoms with van der Waals surface area (Å²) in [6, 6.07) is 3.44. The van der Waals surface area contributed by atoms with Gasteiger partial charge in [0.1, 0.15) is 5.75 Å². The van der Waals surface area contributed by atoms with E-state index in [2.05, 4.69) is 0 Å². The highest BCUT2D eigenvalue weighted by molar-refractivity contribution is 8.13. The molecule has 2 rings (SSSR count). The van der Waals surface area contributed by atoms with Crippen molar-refractivity contribution in [1.82, 2.24) is 0 Å². The van der Waals surface area contributed by atoms with Gasteiger partial charge in [0.05, 0.1) is 11.5 Å². The van der Waals surface area contributed by atoms with Gasteiger partial charge in [-0.1, -0.05) is 20.8 Å². The predicted molar refractivity (Wildman–Crippen MR) is 81.1 cm³/mol. The van der Waals surface area contributed by atoms with Gasteiger partial charge in [-0.2, -0.15) is 0 Å². The molecule has 5 heteroatoms. The van der Waals surface area contributed by atoms with E-state index in [0.29, 0.717) is 18.1 Å². The van der Waals surface area contributed by atoms with E-state index in [-0.39, 0.29) is 10.3 Å². The van der Waals surface area contributed by atoms with Crippen LogP contribution in [-0.4, -0.2) is 15.0 Å². The molecule has 1 aromatic carbocycles. The molecular formula is C15H21ClO3S. The van der Waals surface area contributed by atoms with Gasteiger partial charge in [-0.15, -0.1) is 0 Å². The van der Waals surface area contributed by atoms with Crippen molar-refractivity contribution in [3.63, 3.8) is 0 Å². The van der Waals surface area contributed by atoms with Crippen molar-refractivity contribution in [3.8, 4) is 5.75 Å². The van der Waals surface area contributed by atoms with Gasteiger partial charge in [-0.05, 0) is 48.8 Å². The second kappa shape index (κ2) is 5.23. The number of halogens is 1. The van der Waals surface area contributed by atoms with Gasteiger partial charge in [0.15, 0.2) is 0 Å². The van der Waals surface area contributed by atoms with Crippen LogP contribution in [0.4, 0.5) is 0 Å². The van der Waals surface area contributed by atoms with E-state index >= 15 is 0 Å². The largest absolute Gasteiger partial charge is 0.493 e. The molecular weight excluding hydrogens is 296 g/mol. The Hall–Kier alpha value is -0.740. The van der Waals surface area contributed by atoms with E-state index in [1.165, 1.54) is 12.8 Å². The highest BCUT2D eigenvalue weighted by Gasteiger charge is 2.27. The third-order valence-corrected chi connectivity index (χ3v) is 4.98. The molecule has 0 spiro atoms. The van der Waals surface area contributed by atoms with Crippen molar-refractivity contribution in [1.29, 1.82) is 0 Å². The van der Waals surface area contributed by atoms with Gasteiger partial charge in [0.2, 0.25) is 0 Å². The fraction of sp³-hybridized carbons (Fsp3) is 0.600. The molecule has 0 unspecified atom stereocenters. The maximum atomic E-state index is 11.6. The van der Waals surface area contributed by atoms with Crippen LogP contribution in [-0.2, 0) is 14.5 Å². The minimum absolute atomic E-state index is 0.169. The van der Waals surface area contributed by atoms with Gasteiger partial charge in [-0.3, -0.25) is 0 Å². The summed E-state index contributed by atoms with van der Waals surface area (Å²) < 4.78 is 29.2. The van der Waals surface area contributed by atoms with Crippen LogP contribution in [0.3, 0.4) is 0 Å². The molecule has 0 atom stereocenters. The van der Waals surface area contributed by atoms with Crippen LogP contribution in [0, 0.1) is 12.8 Å². The summed E-state index contributed by atoms with van der Waals surface area (Å²) in [4.78, 5) is 0.169. The molecule has 0 amide bonds. The van der Waals surface area contributed by atoms with Crippen molar-refractivity contribution < 1.29 is 13.2 Å². The van der Waals surface area contributed by atoms with Crippen LogP contribution in [0.2, 0.25) is 0 Å². The summed E-state index contributed by atoms with van der Waals surface area (Å²) in [7, 11) is 1.77. The maximum Gasteiger partial charge on any atom is 0.261 e. The molecule has 0 saturated heterocycles. The average molecular weight is 317 g/mol. The van der Waals surface area contributed by atoms with Crippen LogP contribution in [0.5, 0.6) is 5.75 Å². The van der Waals surface area contributed by atoms with Gasteiger partial charge in [0, 0.05) is 16.2 Å². The second-order valence-corrected chi connectivity index (χ2v) is 9.09. The Balaban J connectivity index is 2.46. The topological polar surface area (TPSA) is 43.4 Å². The van der Waals surface area contributed by atoms with Crippen LogP contribution in [0.15, 0.2) is 17.0 Å². The lowest BCUT2D eigenvalue weighted by molar-refractivity contribution is 0.291. The fourth-order valence-electron chi connectivity index (χ4n) is 2.12. The number of benzene rings is 1. The van der Waals surface area contributed by atoms with Crippen LogP contribution >= 0.6 is 10.7 Å². The number of ether oxygens (including phenoxy) is 1. The van der Waals surface area contributed by atoms with E-state index in [4.69, 9.17) is 15.4 Å². The highest BCUT2D eigenvalue weighted by atomic mass is 35.7. The van der Waals surface area contributed by atoms with Gasteiger partial charge in [-0.25, -0.2) is 8.42 Å². The molecule has 1 fully saturated rings. The molecule has 1 aliphatic carbocycles. The van der Waals surface area contributed by atoms with Crippen molar-refractivity contribution in [2.75, 3.05) is 6.61 Å². The molecule has 0 heterocycles. The third kappa shape index (κ3) is 3.67. The van der Waals surface area contributed by atoms with E-state index in [1.54, 1.807) is 19.1 Å². The standard InChI is InChI=1S/C15H21ClO3S/c1-10-7-13(19-9-11-5-6-11)12(15(2,3)4)8-14(10)20(16,17)18/h7-8,11H,5-6,9H2,1-4H3. The number of aryl methyl sites for hydroxylation is 1. The van der Waals surface area contributed by atoms with Crippen molar-refractivity contribution in [2.45, 2.75) is 50.8 Å². The first-order valence-electron chi connectivity index (χ1n) is 6.81. The average Bonchev–Trinajstić information content (AvgIpc) is 3.06. The Morgan fingerprint density at radius 2 is 1.90 bits per heavy atom. The van der Waals surface area contributed by atoms with E-state index in [1.807, 2.05) is 20.8 Å². The highest BCUT2D eigenvalue weighted by Crippen LogP contribution is 2.37. The van der Waals surface area contributed by atoms with Gasteiger partial charge in [0.25, 0.3) is 9.05 Å². The zero-order valence-electron chi connectivity index (χ0n) is 12.4. The first-order chi connectivity index (χ1) is 9.09. The summed E-state index contributed by atoms with van der Waals surface area (Å²) in [6.07, 6.45) is 2.44. The minimum Gasteiger partial charge on any atom is -0.493 e. The minimum atomic E-state index is -3.74. The molecule has 1 saturated carbocycles. The molecule has 3 nitrogen and oxygen atoms in total. The van der Waals surface area contributed by atoms with E-state index < -0.39 is 9.05 Å².